The molecule has 0 spiro atoms. The van der Waals surface area contributed by atoms with E-state index < -0.39 is 10.0 Å². The number of anilines is 1. The van der Waals surface area contributed by atoms with Crippen molar-refractivity contribution in [1.82, 2.24) is 14.4 Å². The van der Waals surface area contributed by atoms with E-state index in [4.69, 9.17) is 11.6 Å². The standard InChI is InChI=1S/C19H15ClN4O2S/c1-13-3-6-15(20)11-18(13)27(25,26)23-16-7-4-14(5-8-16)17-12-24-10-2-9-21-19(24)22-17/h2-12,23H,1H3. The lowest BCUT2D eigenvalue weighted by Crippen LogP contribution is -2.14. The topological polar surface area (TPSA) is 76.4 Å². The van der Waals surface area contributed by atoms with E-state index in [2.05, 4.69) is 14.7 Å². The van der Waals surface area contributed by atoms with Gasteiger partial charge in [-0.15, -0.1) is 0 Å². The molecule has 0 atom stereocenters. The number of sulfonamides is 1. The maximum absolute atomic E-state index is 12.7. The van der Waals surface area contributed by atoms with E-state index >= 15 is 0 Å². The SMILES string of the molecule is Cc1ccc(Cl)cc1S(=O)(=O)Nc1ccc(-c2cn3cccnc3n2)cc1. The molecular formula is C19H15ClN4O2S. The molecule has 27 heavy (non-hydrogen) atoms. The van der Waals surface area contributed by atoms with Crippen LogP contribution in [0.1, 0.15) is 5.56 Å². The summed E-state index contributed by atoms with van der Waals surface area (Å²) in [5.74, 6) is 0.605. The highest BCUT2D eigenvalue weighted by atomic mass is 35.5. The normalized spacial score (nSPS) is 11.6. The molecule has 2 heterocycles. The van der Waals surface area contributed by atoms with Crippen molar-refractivity contribution in [2.75, 3.05) is 4.72 Å². The van der Waals surface area contributed by atoms with Gasteiger partial charge in [0.15, 0.2) is 0 Å². The van der Waals surface area contributed by atoms with Crippen LogP contribution in [0.5, 0.6) is 0 Å². The van der Waals surface area contributed by atoms with E-state index in [9.17, 15) is 8.42 Å². The molecule has 2 aromatic carbocycles. The number of hydrogen-bond acceptors (Lipinski definition) is 4. The first-order chi connectivity index (χ1) is 12.9. The molecule has 1 N–H and O–H groups in total. The molecule has 8 heteroatoms. The van der Waals surface area contributed by atoms with Crippen LogP contribution in [0.3, 0.4) is 0 Å². The van der Waals surface area contributed by atoms with Crippen LogP contribution in [0, 0.1) is 6.92 Å². The van der Waals surface area contributed by atoms with Crippen molar-refractivity contribution in [3.63, 3.8) is 0 Å². The smallest absolute Gasteiger partial charge is 0.262 e. The van der Waals surface area contributed by atoms with Gasteiger partial charge in [0, 0.05) is 34.9 Å². The first kappa shape index (κ1) is 17.5. The fourth-order valence-corrected chi connectivity index (χ4v) is 4.32. The Labute approximate surface area is 161 Å². The molecule has 6 nitrogen and oxygen atoms in total. The average molecular weight is 399 g/mol. The highest BCUT2D eigenvalue weighted by molar-refractivity contribution is 7.92. The largest absolute Gasteiger partial charge is 0.291 e. The monoisotopic (exact) mass is 398 g/mol. The van der Waals surface area contributed by atoms with Crippen molar-refractivity contribution in [3.05, 3.63) is 77.7 Å². The minimum Gasteiger partial charge on any atom is -0.291 e. The number of nitrogens with one attached hydrogen (secondary N) is 1. The van der Waals surface area contributed by atoms with Gasteiger partial charge in [0.1, 0.15) is 0 Å². The number of rotatable bonds is 4. The quantitative estimate of drug-likeness (QED) is 0.560. The zero-order valence-electron chi connectivity index (χ0n) is 14.3. The molecule has 0 fully saturated rings. The second kappa shape index (κ2) is 6.68. The van der Waals surface area contributed by atoms with Crippen LogP contribution in [-0.4, -0.2) is 22.8 Å². The van der Waals surface area contributed by atoms with E-state index in [-0.39, 0.29) is 4.90 Å². The number of aromatic nitrogens is 3. The van der Waals surface area contributed by atoms with Crippen LogP contribution >= 0.6 is 11.6 Å². The molecule has 0 aliphatic heterocycles. The Bertz CT molecular complexity index is 1200. The number of nitrogens with zero attached hydrogens (tertiary/aromatic N) is 3. The Balaban J connectivity index is 1.61. The van der Waals surface area contributed by atoms with E-state index in [0.717, 1.165) is 11.3 Å². The molecule has 0 aliphatic carbocycles. The summed E-state index contributed by atoms with van der Waals surface area (Å²) in [5.41, 5.74) is 2.71. The van der Waals surface area contributed by atoms with Gasteiger partial charge in [-0.3, -0.25) is 9.12 Å². The molecule has 0 aliphatic rings. The molecule has 0 unspecified atom stereocenters. The zero-order chi connectivity index (χ0) is 19.0. The first-order valence-electron chi connectivity index (χ1n) is 8.11. The Kier molecular flexibility index (Phi) is 4.33. The minimum atomic E-state index is -3.73. The summed E-state index contributed by atoms with van der Waals surface area (Å²) in [5, 5.41) is 0.372. The predicted octanol–water partition coefficient (Wildman–Crippen LogP) is 4.16. The van der Waals surface area contributed by atoms with Crippen molar-refractivity contribution in [2.24, 2.45) is 0 Å². The van der Waals surface area contributed by atoms with Gasteiger partial charge in [0.05, 0.1) is 10.6 Å². The van der Waals surface area contributed by atoms with Gasteiger partial charge in [0.2, 0.25) is 5.78 Å². The van der Waals surface area contributed by atoms with Crippen LogP contribution in [0.25, 0.3) is 17.0 Å². The van der Waals surface area contributed by atoms with Crippen molar-refractivity contribution in [2.45, 2.75) is 11.8 Å². The van der Waals surface area contributed by atoms with Crippen molar-refractivity contribution < 1.29 is 8.42 Å². The molecule has 0 bridgehead atoms. The van der Waals surface area contributed by atoms with Gasteiger partial charge in [-0.05, 0) is 42.8 Å². The minimum absolute atomic E-state index is 0.158. The van der Waals surface area contributed by atoms with Crippen molar-refractivity contribution in [1.29, 1.82) is 0 Å². The number of imidazole rings is 1. The highest BCUT2D eigenvalue weighted by Crippen LogP contribution is 2.25. The first-order valence-corrected chi connectivity index (χ1v) is 9.98. The van der Waals surface area contributed by atoms with Gasteiger partial charge >= 0.3 is 0 Å². The van der Waals surface area contributed by atoms with Crippen LogP contribution in [0.4, 0.5) is 5.69 Å². The molecule has 2 aromatic heterocycles. The van der Waals surface area contributed by atoms with E-state index in [1.807, 2.05) is 35.0 Å². The van der Waals surface area contributed by atoms with Gasteiger partial charge in [-0.2, -0.15) is 0 Å². The van der Waals surface area contributed by atoms with E-state index in [1.165, 1.54) is 6.07 Å². The fraction of sp³-hybridized carbons (Fsp3) is 0.0526. The lowest BCUT2D eigenvalue weighted by Gasteiger charge is -2.11. The van der Waals surface area contributed by atoms with Gasteiger partial charge in [0.25, 0.3) is 10.0 Å². The average Bonchev–Trinajstić information content (AvgIpc) is 3.08. The summed E-state index contributed by atoms with van der Waals surface area (Å²) < 4.78 is 29.7. The number of hydrogen-bond donors (Lipinski definition) is 1. The molecule has 4 aromatic rings. The summed E-state index contributed by atoms with van der Waals surface area (Å²) in [4.78, 5) is 8.80. The summed E-state index contributed by atoms with van der Waals surface area (Å²) in [7, 11) is -3.73. The Morgan fingerprint density at radius 2 is 1.89 bits per heavy atom. The van der Waals surface area contributed by atoms with Crippen LogP contribution in [0.2, 0.25) is 5.02 Å². The maximum Gasteiger partial charge on any atom is 0.262 e. The van der Waals surface area contributed by atoms with Gasteiger partial charge < -0.3 is 0 Å². The van der Waals surface area contributed by atoms with Gasteiger partial charge in [-0.1, -0.05) is 29.8 Å². The molecule has 0 amide bonds. The molecule has 0 saturated carbocycles. The summed E-state index contributed by atoms with van der Waals surface area (Å²) in [6.45, 7) is 1.73. The maximum atomic E-state index is 12.7. The second-order valence-electron chi connectivity index (χ2n) is 6.05. The number of aryl methyl sites for hydroxylation is 1. The third kappa shape index (κ3) is 3.51. The Morgan fingerprint density at radius 3 is 2.63 bits per heavy atom. The summed E-state index contributed by atoms with van der Waals surface area (Å²) in [6, 6.07) is 13.6. The lowest BCUT2D eigenvalue weighted by molar-refractivity contribution is 0.600. The van der Waals surface area contributed by atoms with Crippen molar-refractivity contribution >= 4 is 33.1 Å². The predicted molar refractivity (Wildman–Crippen MR) is 105 cm³/mol. The van der Waals surface area contributed by atoms with Crippen molar-refractivity contribution in [3.8, 4) is 11.3 Å². The summed E-state index contributed by atoms with van der Waals surface area (Å²) in [6.07, 6.45) is 5.42. The third-order valence-corrected chi connectivity index (χ3v) is 5.87. The van der Waals surface area contributed by atoms with Crippen LogP contribution < -0.4 is 4.72 Å². The van der Waals surface area contributed by atoms with Crippen LogP contribution in [0.15, 0.2) is 72.0 Å². The highest BCUT2D eigenvalue weighted by Gasteiger charge is 2.17. The zero-order valence-corrected chi connectivity index (χ0v) is 15.9. The number of benzene rings is 2. The fourth-order valence-electron chi connectivity index (χ4n) is 2.75. The third-order valence-electron chi connectivity index (χ3n) is 4.11. The second-order valence-corrected chi connectivity index (χ2v) is 8.13. The van der Waals surface area contributed by atoms with Crippen LogP contribution in [-0.2, 0) is 10.0 Å². The lowest BCUT2D eigenvalue weighted by atomic mass is 10.1. The number of halogens is 1. The van der Waals surface area contributed by atoms with E-state index in [0.29, 0.717) is 22.1 Å². The Morgan fingerprint density at radius 1 is 1.11 bits per heavy atom. The number of fused-ring (bicyclic) bond motifs is 1. The Hall–Kier alpha value is -2.90. The molecule has 4 rings (SSSR count). The molecule has 136 valence electrons. The van der Waals surface area contributed by atoms with E-state index in [1.54, 1.807) is 37.4 Å². The molecular weight excluding hydrogens is 384 g/mol. The molecule has 0 saturated heterocycles. The summed E-state index contributed by atoms with van der Waals surface area (Å²) >= 11 is 5.94. The molecule has 0 radical (unpaired) electrons. The van der Waals surface area contributed by atoms with Gasteiger partial charge in [-0.25, -0.2) is 18.4 Å².